The van der Waals surface area contributed by atoms with Gasteiger partial charge >= 0.3 is 5.97 Å². The zero-order valence-electron chi connectivity index (χ0n) is 23.0. The monoisotopic (exact) mass is 546 g/mol. The number of nitrogens with zero attached hydrogens (tertiary/aromatic N) is 5. The first-order valence-corrected chi connectivity index (χ1v) is 13.9. The van der Waals surface area contributed by atoms with Crippen LogP contribution in [0.4, 0.5) is 11.6 Å². The van der Waals surface area contributed by atoms with E-state index in [4.69, 9.17) is 4.98 Å². The molecule has 11 heteroatoms. The van der Waals surface area contributed by atoms with Crippen LogP contribution in [0.15, 0.2) is 49.1 Å². The van der Waals surface area contributed by atoms with E-state index in [1.54, 1.807) is 18.6 Å². The first-order valence-electron chi connectivity index (χ1n) is 13.9. The summed E-state index contributed by atoms with van der Waals surface area (Å²) in [5, 5.41) is 19.2. The number of pyridine rings is 2. The maximum Gasteiger partial charge on any atom is 0.326 e. The number of amides is 1. The molecule has 1 atom stereocenters. The number of carbonyl (C=O) groups is 2. The summed E-state index contributed by atoms with van der Waals surface area (Å²) in [4.78, 5) is 43.2. The van der Waals surface area contributed by atoms with Gasteiger partial charge in [-0.05, 0) is 68.8 Å². The second-order valence-electron chi connectivity index (χ2n) is 9.97. The van der Waals surface area contributed by atoms with Gasteiger partial charge < -0.3 is 26.0 Å². The minimum absolute atomic E-state index is 0.0789. The molecule has 1 unspecified atom stereocenters. The third-order valence-electron chi connectivity index (χ3n) is 6.88. The van der Waals surface area contributed by atoms with Crippen molar-refractivity contribution in [1.82, 2.24) is 30.2 Å². The topological polar surface area (TPSA) is 145 Å². The molecule has 0 bridgehead atoms. The van der Waals surface area contributed by atoms with Gasteiger partial charge in [-0.25, -0.2) is 14.8 Å². The molecule has 0 aromatic carbocycles. The fourth-order valence-corrected chi connectivity index (χ4v) is 4.72. The van der Waals surface area contributed by atoms with Crippen LogP contribution in [0.3, 0.4) is 0 Å². The second-order valence-corrected chi connectivity index (χ2v) is 9.97. The summed E-state index contributed by atoms with van der Waals surface area (Å²) in [6, 6.07) is 7.12. The van der Waals surface area contributed by atoms with Gasteiger partial charge in [0.25, 0.3) is 0 Å². The number of nitrogens with one attached hydrogen (secondary N) is 3. The Kier molecular flexibility index (Phi) is 10.7. The van der Waals surface area contributed by atoms with Gasteiger partial charge in [0.05, 0.1) is 18.1 Å². The summed E-state index contributed by atoms with van der Waals surface area (Å²) in [5.74, 6) is 0.386. The molecule has 0 spiro atoms. The smallest absolute Gasteiger partial charge is 0.326 e. The average Bonchev–Trinajstić information content (AvgIpc) is 2.97. The molecular weight excluding hydrogens is 508 g/mol. The standard InChI is InChI=1S/C29H38N8O3/c1-21(38)32-15-18-37(16-3-2-6-24-8-7-23-5-4-12-33-28(23)34-24)17-11-25(29(39)40)35-27-20-31-19-26(36-27)22-9-13-30-14-10-22/h7-10,13-14,19-20,25H,2-6,11-12,15-18H2,1H3,(H,32,38)(H,33,34)(H,35,36)(H,39,40). The summed E-state index contributed by atoms with van der Waals surface area (Å²) in [7, 11) is 0. The molecule has 4 N–H and O–H groups in total. The number of aliphatic carboxylic acids is 1. The lowest BCUT2D eigenvalue weighted by atomic mass is 10.1. The van der Waals surface area contributed by atoms with E-state index in [2.05, 4.69) is 47.9 Å². The highest BCUT2D eigenvalue weighted by Gasteiger charge is 2.20. The van der Waals surface area contributed by atoms with Crippen LogP contribution < -0.4 is 16.0 Å². The number of hydrogen-bond acceptors (Lipinski definition) is 9. The summed E-state index contributed by atoms with van der Waals surface area (Å²) in [6.07, 6.45) is 11.9. The summed E-state index contributed by atoms with van der Waals surface area (Å²) < 4.78 is 0. The van der Waals surface area contributed by atoms with Crippen LogP contribution in [0.2, 0.25) is 0 Å². The highest BCUT2D eigenvalue weighted by Crippen LogP contribution is 2.20. The summed E-state index contributed by atoms with van der Waals surface area (Å²) in [6.45, 7) is 4.98. The molecule has 0 saturated carbocycles. The molecule has 212 valence electrons. The molecule has 4 rings (SSSR count). The Bertz CT molecular complexity index is 1260. The van der Waals surface area contributed by atoms with Crippen LogP contribution in [0.25, 0.3) is 11.3 Å². The van der Waals surface area contributed by atoms with Crippen molar-refractivity contribution < 1.29 is 14.7 Å². The highest BCUT2D eigenvalue weighted by atomic mass is 16.4. The second kappa shape index (κ2) is 14.9. The van der Waals surface area contributed by atoms with Crippen molar-refractivity contribution in [3.63, 3.8) is 0 Å². The van der Waals surface area contributed by atoms with Gasteiger partial charge in [-0.15, -0.1) is 0 Å². The molecule has 40 heavy (non-hydrogen) atoms. The van der Waals surface area contributed by atoms with E-state index < -0.39 is 12.0 Å². The predicted molar refractivity (Wildman–Crippen MR) is 154 cm³/mol. The lowest BCUT2D eigenvalue weighted by molar-refractivity contribution is -0.138. The Morgan fingerprint density at radius 1 is 1.05 bits per heavy atom. The molecule has 11 nitrogen and oxygen atoms in total. The van der Waals surface area contributed by atoms with E-state index in [1.807, 2.05) is 12.1 Å². The molecule has 0 fully saturated rings. The molecule has 0 saturated heterocycles. The quantitative estimate of drug-likeness (QED) is 0.210. The SMILES string of the molecule is CC(=O)NCCN(CCCCc1ccc2c(n1)NCCC2)CCC(Nc1cncc(-c2ccncc2)n1)C(=O)O. The first-order chi connectivity index (χ1) is 19.5. The largest absolute Gasteiger partial charge is 0.480 e. The molecule has 0 radical (unpaired) electrons. The van der Waals surface area contributed by atoms with Crippen LogP contribution in [0, 0.1) is 0 Å². The maximum absolute atomic E-state index is 12.1. The molecule has 3 aromatic rings. The number of carboxylic acid groups (broad SMARTS) is 1. The fourth-order valence-electron chi connectivity index (χ4n) is 4.72. The van der Waals surface area contributed by atoms with Crippen LogP contribution in [0.1, 0.15) is 43.9 Å². The van der Waals surface area contributed by atoms with Crippen molar-refractivity contribution in [3.05, 3.63) is 60.3 Å². The van der Waals surface area contributed by atoms with E-state index in [9.17, 15) is 14.7 Å². The lowest BCUT2D eigenvalue weighted by Gasteiger charge is -2.24. The van der Waals surface area contributed by atoms with Crippen molar-refractivity contribution in [1.29, 1.82) is 0 Å². The zero-order valence-corrected chi connectivity index (χ0v) is 23.0. The van der Waals surface area contributed by atoms with Crippen LogP contribution >= 0.6 is 0 Å². The first kappa shape index (κ1) is 28.9. The van der Waals surface area contributed by atoms with E-state index in [0.29, 0.717) is 37.6 Å². The zero-order chi connectivity index (χ0) is 28.2. The third kappa shape index (κ3) is 8.98. The van der Waals surface area contributed by atoms with E-state index in [-0.39, 0.29) is 5.91 Å². The number of unbranched alkanes of at least 4 members (excludes halogenated alkanes) is 1. The minimum Gasteiger partial charge on any atom is -0.480 e. The van der Waals surface area contributed by atoms with Gasteiger partial charge in [-0.1, -0.05) is 6.07 Å². The van der Waals surface area contributed by atoms with Gasteiger partial charge in [-0.3, -0.25) is 14.8 Å². The number of carbonyl (C=O) groups excluding carboxylic acids is 1. The number of hydrogen-bond donors (Lipinski definition) is 4. The van der Waals surface area contributed by atoms with E-state index in [1.165, 1.54) is 18.7 Å². The number of anilines is 2. The number of fused-ring (bicyclic) bond motifs is 1. The summed E-state index contributed by atoms with van der Waals surface area (Å²) in [5.41, 5.74) is 3.86. The van der Waals surface area contributed by atoms with Crippen molar-refractivity contribution in [2.75, 3.05) is 43.4 Å². The molecule has 1 amide bonds. The van der Waals surface area contributed by atoms with Gasteiger partial charge in [0, 0.05) is 56.8 Å². The van der Waals surface area contributed by atoms with Crippen molar-refractivity contribution in [2.45, 2.75) is 51.5 Å². The van der Waals surface area contributed by atoms with E-state index in [0.717, 1.165) is 62.3 Å². The van der Waals surface area contributed by atoms with Gasteiger partial charge in [0.1, 0.15) is 17.7 Å². The molecule has 1 aliphatic heterocycles. The molecule has 4 heterocycles. The Morgan fingerprint density at radius 2 is 1.90 bits per heavy atom. The van der Waals surface area contributed by atoms with Crippen LogP contribution in [0.5, 0.6) is 0 Å². The van der Waals surface area contributed by atoms with Crippen LogP contribution in [-0.4, -0.2) is 80.6 Å². The predicted octanol–water partition coefficient (Wildman–Crippen LogP) is 3.01. The number of aryl methyl sites for hydroxylation is 2. The highest BCUT2D eigenvalue weighted by molar-refractivity contribution is 5.77. The normalized spacial score (nSPS) is 13.2. The van der Waals surface area contributed by atoms with Gasteiger partial charge in [-0.2, -0.15) is 0 Å². The Balaban J connectivity index is 1.30. The lowest BCUT2D eigenvalue weighted by Crippen LogP contribution is -2.39. The summed E-state index contributed by atoms with van der Waals surface area (Å²) >= 11 is 0. The van der Waals surface area contributed by atoms with E-state index >= 15 is 0 Å². The number of rotatable bonds is 15. The maximum atomic E-state index is 12.1. The third-order valence-corrected chi connectivity index (χ3v) is 6.88. The Hall–Kier alpha value is -4.12. The number of carboxylic acids is 1. The Morgan fingerprint density at radius 3 is 2.70 bits per heavy atom. The van der Waals surface area contributed by atoms with Gasteiger partial charge in [0.2, 0.25) is 5.91 Å². The van der Waals surface area contributed by atoms with Gasteiger partial charge in [0.15, 0.2) is 0 Å². The molecule has 3 aromatic heterocycles. The van der Waals surface area contributed by atoms with Crippen molar-refractivity contribution in [2.24, 2.45) is 0 Å². The average molecular weight is 547 g/mol. The molecular formula is C29H38N8O3. The minimum atomic E-state index is -0.954. The van der Waals surface area contributed by atoms with Crippen molar-refractivity contribution in [3.8, 4) is 11.3 Å². The Labute approximate surface area is 234 Å². The van der Waals surface area contributed by atoms with Crippen molar-refractivity contribution >= 4 is 23.5 Å². The number of aromatic nitrogens is 4. The molecule has 1 aliphatic rings. The fraction of sp³-hybridized carbons (Fsp3) is 0.448. The van der Waals surface area contributed by atoms with Crippen LogP contribution in [-0.2, 0) is 22.4 Å². The molecule has 0 aliphatic carbocycles.